The topological polar surface area (TPSA) is 0 Å². The summed E-state index contributed by atoms with van der Waals surface area (Å²) in [7, 11) is 0. The van der Waals surface area contributed by atoms with Gasteiger partial charge in [0.15, 0.2) is 0 Å². The van der Waals surface area contributed by atoms with Gasteiger partial charge in [-0.2, -0.15) is 0 Å². The van der Waals surface area contributed by atoms with Gasteiger partial charge < -0.3 is 0 Å². The first-order valence-corrected chi connectivity index (χ1v) is 8.34. The second-order valence-corrected chi connectivity index (χ2v) is 5.06. The van der Waals surface area contributed by atoms with Gasteiger partial charge >= 0.3 is 0 Å². The molecule has 0 heteroatoms. The molecule has 0 saturated carbocycles. The number of hydrogen-bond acceptors (Lipinski definition) is 0. The molecule has 1 aliphatic rings. The molecule has 1 aromatic rings. The van der Waals surface area contributed by atoms with Crippen LogP contribution in [-0.4, -0.2) is 0 Å². The van der Waals surface area contributed by atoms with Crippen LogP contribution in [0.2, 0.25) is 0 Å². The predicted octanol–water partition coefficient (Wildman–Crippen LogP) is 6.27. The van der Waals surface area contributed by atoms with Crippen molar-refractivity contribution in [2.75, 3.05) is 0 Å². The molecule has 0 saturated heterocycles. The maximum absolute atomic E-state index is 2.32. The zero-order valence-corrected chi connectivity index (χ0v) is 14.1. The van der Waals surface area contributed by atoms with Crippen LogP contribution < -0.4 is 0 Å². The van der Waals surface area contributed by atoms with Crippen LogP contribution in [0.15, 0.2) is 12.1 Å². The van der Waals surface area contributed by atoms with E-state index in [1.54, 1.807) is 16.7 Å². The SMILES string of the molecule is CC.CCCC.CCc1ccc(C)c2c1CCCC2. The molecule has 0 aliphatic heterocycles. The van der Waals surface area contributed by atoms with Crippen LogP contribution in [0.3, 0.4) is 0 Å². The van der Waals surface area contributed by atoms with Crippen molar-refractivity contribution in [3.63, 3.8) is 0 Å². The average molecular weight is 262 g/mol. The molecule has 0 aromatic heterocycles. The van der Waals surface area contributed by atoms with Gasteiger partial charge in [0.25, 0.3) is 0 Å². The second kappa shape index (κ2) is 11.1. The minimum atomic E-state index is 1.20. The lowest BCUT2D eigenvalue weighted by molar-refractivity contribution is 0.675. The molecular weight excluding hydrogens is 228 g/mol. The zero-order chi connectivity index (χ0) is 14.7. The fourth-order valence-corrected chi connectivity index (χ4v) is 2.45. The molecule has 2 rings (SSSR count). The van der Waals surface area contributed by atoms with Crippen molar-refractivity contribution in [1.82, 2.24) is 0 Å². The lowest BCUT2D eigenvalue weighted by Gasteiger charge is -2.21. The van der Waals surface area contributed by atoms with Crippen molar-refractivity contribution in [1.29, 1.82) is 0 Å². The lowest BCUT2D eigenvalue weighted by atomic mass is 9.85. The van der Waals surface area contributed by atoms with Gasteiger partial charge in [-0.05, 0) is 61.3 Å². The molecular formula is C19H34. The lowest BCUT2D eigenvalue weighted by Crippen LogP contribution is -2.07. The molecule has 0 bridgehead atoms. The molecule has 0 nitrogen and oxygen atoms in total. The summed E-state index contributed by atoms with van der Waals surface area (Å²) in [4.78, 5) is 0. The van der Waals surface area contributed by atoms with Gasteiger partial charge in [0.05, 0.1) is 0 Å². The minimum Gasteiger partial charge on any atom is -0.0683 e. The maximum Gasteiger partial charge on any atom is -0.0273 e. The van der Waals surface area contributed by atoms with E-state index >= 15 is 0 Å². The molecule has 0 amide bonds. The Bertz CT molecular complexity index is 334. The van der Waals surface area contributed by atoms with Crippen molar-refractivity contribution in [3.05, 3.63) is 34.4 Å². The summed E-state index contributed by atoms with van der Waals surface area (Å²) in [5, 5.41) is 0. The number of benzene rings is 1. The highest BCUT2D eigenvalue weighted by molar-refractivity contribution is 5.42. The number of hydrogen-bond donors (Lipinski definition) is 0. The van der Waals surface area contributed by atoms with E-state index in [-0.39, 0.29) is 0 Å². The van der Waals surface area contributed by atoms with E-state index in [1.165, 1.54) is 50.5 Å². The first kappa shape index (κ1) is 18.2. The number of unbranched alkanes of at least 4 members (excludes halogenated alkanes) is 1. The van der Waals surface area contributed by atoms with Crippen molar-refractivity contribution in [3.8, 4) is 0 Å². The molecule has 19 heavy (non-hydrogen) atoms. The summed E-state index contributed by atoms with van der Waals surface area (Å²) in [6.45, 7) is 12.9. The van der Waals surface area contributed by atoms with E-state index < -0.39 is 0 Å². The molecule has 0 spiro atoms. The molecule has 1 aliphatic carbocycles. The van der Waals surface area contributed by atoms with Gasteiger partial charge in [0.2, 0.25) is 0 Å². The summed E-state index contributed by atoms with van der Waals surface area (Å²) in [6.07, 6.45) is 9.25. The summed E-state index contributed by atoms with van der Waals surface area (Å²) in [5.74, 6) is 0. The first-order chi connectivity index (χ1) is 9.24. The van der Waals surface area contributed by atoms with Gasteiger partial charge in [-0.15, -0.1) is 0 Å². The average Bonchev–Trinajstić information content (AvgIpc) is 2.50. The van der Waals surface area contributed by atoms with E-state index in [1.807, 2.05) is 13.8 Å². The van der Waals surface area contributed by atoms with Gasteiger partial charge in [0, 0.05) is 0 Å². The predicted molar refractivity (Wildman–Crippen MR) is 89.1 cm³/mol. The summed E-state index contributed by atoms with van der Waals surface area (Å²) < 4.78 is 0. The Labute approximate surface area is 121 Å². The Balaban J connectivity index is 0.000000467. The molecule has 0 atom stereocenters. The van der Waals surface area contributed by atoms with Crippen LogP contribution in [0.25, 0.3) is 0 Å². The van der Waals surface area contributed by atoms with E-state index in [9.17, 15) is 0 Å². The third-order valence-corrected chi connectivity index (χ3v) is 3.75. The van der Waals surface area contributed by atoms with Crippen LogP contribution >= 0.6 is 0 Å². The van der Waals surface area contributed by atoms with Crippen LogP contribution in [-0.2, 0) is 19.3 Å². The summed E-state index contributed by atoms with van der Waals surface area (Å²) >= 11 is 0. The Morgan fingerprint density at radius 1 is 0.842 bits per heavy atom. The fraction of sp³-hybridized carbons (Fsp3) is 0.684. The molecule has 1 aromatic carbocycles. The Hall–Kier alpha value is -0.780. The monoisotopic (exact) mass is 262 g/mol. The third kappa shape index (κ3) is 5.80. The summed E-state index contributed by atoms with van der Waals surface area (Å²) in [6, 6.07) is 4.61. The van der Waals surface area contributed by atoms with Crippen LogP contribution in [0.4, 0.5) is 0 Å². The van der Waals surface area contributed by atoms with Gasteiger partial charge in [0.1, 0.15) is 0 Å². The van der Waals surface area contributed by atoms with Crippen molar-refractivity contribution in [2.45, 2.75) is 86.5 Å². The highest BCUT2D eigenvalue weighted by Gasteiger charge is 2.13. The standard InChI is InChI=1S/C13H18.C4H10.C2H6/c1-3-11-9-8-10(2)12-6-4-5-7-13(11)12;1-3-4-2;1-2/h8-9H,3-7H2,1-2H3;3-4H2,1-2H3;1-2H3. The number of fused-ring (bicyclic) bond motifs is 1. The van der Waals surface area contributed by atoms with Crippen molar-refractivity contribution < 1.29 is 0 Å². The normalized spacial score (nSPS) is 12.5. The Kier molecular flexibility index (Phi) is 10.6. The van der Waals surface area contributed by atoms with E-state index in [4.69, 9.17) is 0 Å². The number of aryl methyl sites for hydroxylation is 2. The van der Waals surface area contributed by atoms with Gasteiger partial charge in [-0.1, -0.05) is 59.6 Å². The highest BCUT2D eigenvalue weighted by Crippen LogP contribution is 2.27. The molecule has 0 N–H and O–H groups in total. The third-order valence-electron chi connectivity index (χ3n) is 3.75. The maximum atomic E-state index is 2.32. The second-order valence-electron chi connectivity index (χ2n) is 5.06. The van der Waals surface area contributed by atoms with Crippen molar-refractivity contribution in [2.24, 2.45) is 0 Å². The first-order valence-electron chi connectivity index (χ1n) is 8.34. The quantitative estimate of drug-likeness (QED) is 0.589. The highest BCUT2D eigenvalue weighted by atomic mass is 14.2. The zero-order valence-electron chi connectivity index (χ0n) is 14.1. The van der Waals surface area contributed by atoms with Gasteiger partial charge in [-0.25, -0.2) is 0 Å². The van der Waals surface area contributed by atoms with Gasteiger partial charge in [-0.3, -0.25) is 0 Å². The number of rotatable bonds is 2. The Morgan fingerprint density at radius 3 is 1.84 bits per heavy atom. The molecule has 110 valence electrons. The Morgan fingerprint density at radius 2 is 1.37 bits per heavy atom. The van der Waals surface area contributed by atoms with Crippen LogP contribution in [0.5, 0.6) is 0 Å². The largest absolute Gasteiger partial charge is 0.0683 e. The van der Waals surface area contributed by atoms with E-state index in [0.717, 1.165) is 0 Å². The fourth-order valence-electron chi connectivity index (χ4n) is 2.45. The molecule has 0 fully saturated rings. The van der Waals surface area contributed by atoms with Crippen LogP contribution in [0.1, 0.15) is 82.6 Å². The van der Waals surface area contributed by atoms with E-state index in [2.05, 4.69) is 39.8 Å². The molecule has 0 radical (unpaired) electrons. The van der Waals surface area contributed by atoms with Crippen LogP contribution in [0, 0.1) is 6.92 Å². The van der Waals surface area contributed by atoms with E-state index in [0.29, 0.717) is 0 Å². The minimum absolute atomic E-state index is 1.20. The molecule has 0 heterocycles. The van der Waals surface area contributed by atoms with Crippen molar-refractivity contribution >= 4 is 0 Å². The molecule has 0 unspecified atom stereocenters. The summed E-state index contributed by atoms with van der Waals surface area (Å²) in [5.41, 5.74) is 6.42. The smallest absolute Gasteiger partial charge is 0.0273 e.